The average molecular weight is 512 g/mol. The Kier molecular flexibility index (Phi) is 8.57. The number of aliphatic hydroxyl groups excluding tert-OH is 2. The van der Waals surface area contributed by atoms with Crippen LogP contribution in [0.2, 0.25) is 0 Å². The molecule has 1 unspecified atom stereocenters. The molecule has 1 aromatic heterocycles. The quantitative estimate of drug-likeness (QED) is 0.448. The van der Waals surface area contributed by atoms with Crippen LogP contribution >= 0.6 is 11.3 Å². The molecule has 0 bridgehead atoms. The summed E-state index contributed by atoms with van der Waals surface area (Å²) in [6.07, 6.45) is -0.593. The fraction of sp³-hybridized carbons (Fsp3) is 0.731. The molecule has 0 saturated carbocycles. The van der Waals surface area contributed by atoms with Crippen molar-refractivity contribution in [1.82, 2.24) is 4.98 Å². The minimum Gasteiger partial charge on any atom is -0.455 e. The number of nitrogens with zero attached hydrogens (tertiary/aromatic N) is 1. The molecule has 3 heterocycles. The van der Waals surface area contributed by atoms with E-state index in [1.54, 1.807) is 26.2 Å². The van der Waals surface area contributed by atoms with E-state index in [4.69, 9.17) is 9.47 Å². The molecule has 7 atom stereocenters. The number of ketones is 1. The van der Waals surface area contributed by atoms with Gasteiger partial charge in [0.05, 0.1) is 46.5 Å². The highest BCUT2D eigenvalue weighted by molar-refractivity contribution is 7.09. The highest BCUT2D eigenvalue weighted by Crippen LogP contribution is 2.45. The number of carbonyl (C=O) groups is 2. The number of thiazole rings is 1. The number of halogens is 1. The van der Waals surface area contributed by atoms with Gasteiger partial charge in [-0.15, -0.1) is 11.3 Å². The van der Waals surface area contributed by atoms with Gasteiger partial charge in [-0.1, -0.05) is 34.1 Å². The van der Waals surface area contributed by atoms with Gasteiger partial charge in [-0.3, -0.25) is 9.59 Å². The summed E-state index contributed by atoms with van der Waals surface area (Å²) in [6.45, 7) is 10.4. The molecule has 0 amide bonds. The molecule has 2 saturated heterocycles. The van der Waals surface area contributed by atoms with Crippen molar-refractivity contribution in [2.75, 3.05) is 0 Å². The second-order valence-electron chi connectivity index (χ2n) is 10.9. The zero-order chi connectivity index (χ0) is 26.1. The highest BCUT2D eigenvalue weighted by Gasteiger charge is 2.53. The van der Waals surface area contributed by atoms with Gasteiger partial charge in [0.2, 0.25) is 0 Å². The normalized spacial score (nSPS) is 37.5. The summed E-state index contributed by atoms with van der Waals surface area (Å²) in [7, 11) is 0. The Balaban J connectivity index is 1.85. The number of esters is 1. The molecule has 0 spiro atoms. The summed E-state index contributed by atoms with van der Waals surface area (Å²) in [5, 5.41) is 24.1. The molecule has 35 heavy (non-hydrogen) atoms. The number of cyclic esters (lactones) is 1. The first-order valence-electron chi connectivity index (χ1n) is 12.3. The van der Waals surface area contributed by atoms with Crippen molar-refractivity contribution in [1.29, 1.82) is 0 Å². The summed E-state index contributed by atoms with van der Waals surface area (Å²) in [6, 6.07) is 0. The van der Waals surface area contributed by atoms with Gasteiger partial charge < -0.3 is 19.7 Å². The Morgan fingerprint density at radius 3 is 2.57 bits per heavy atom. The van der Waals surface area contributed by atoms with Gasteiger partial charge in [-0.2, -0.15) is 0 Å². The average Bonchev–Trinajstić information content (AvgIpc) is 3.22. The molecular formula is C26H38FNO6S. The van der Waals surface area contributed by atoms with E-state index in [-0.39, 0.29) is 24.2 Å². The van der Waals surface area contributed by atoms with Crippen molar-refractivity contribution < 1.29 is 33.7 Å². The van der Waals surface area contributed by atoms with Crippen LogP contribution in [0.1, 0.15) is 77.4 Å². The Hall–Kier alpha value is -1.68. The fourth-order valence-electron chi connectivity index (χ4n) is 4.86. The van der Waals surface area contributed by atoms with Crippen LogP contribution in [0.5, 0.6) is 0 Å². The standard InChI is InChI=1S/C26H38FNO6S/c1-14-8-7-9-26(6)21(34-26)11-19(18(27)10-17-13-35-16(3)28-17)33-22(30)12-20(29)25(4,5)24(32)15(2)23(14)31/h10,13-15,19-21,23,29,31H,7-9,11-12H2,1-6H3/b18-10-/t14-,15+,19-,20-,21?,23-,26-/m0/s1. The molecule has 9 heteroatoms. The first-order valence-corrected chi connectivity index (χ1v) is 13.2. The predicted molar refractivity (Wildman–Crippen MR) is 131 cm³/mol. The third-order valence-electron chi connectivity index (χ3n) is 7.64. The summed E-state index contributed by atoms with van der Waals surface area (Å²) in [5.74, 6) is -2.62. The molecule has 3 rings (SSSR count). The fourth-order valence-corrected chi connectivity index (χ4v) is 5.44. The minimum absolute atomic E-state index is 0.129. The van der Waals surface area contributed by atoms with Gasteiger partial charge in [-0.25, -0.2) is 9.37 Å². The molecule has 2 N–H and O–H groups in total. The lowest BCUT2D eigenvalue weighted by atomic mass is 9.73. The van der Waals surface area contributed by atoms with Gasteiger partial charge in [0.25, 0.3) is 0 Å². The third kappa shape index (κ3) is 6.56. The van der Waals surface area contributed by atoms with Crippen LogP contribution in [-0.2, 0) is 19.1 Å². The van der Waals surface area contributed by atoms with Crippen LogP contribution in [0, 0.1) is 24.2 Å². The van der Waals surface area contributed by atoms with Gasteiger partial charge in [0.15, 0.2) is 6.10 Å². The molecule has 2 aliphatic heterocycles. The second-order valence-corrected chi connectivity index (χ2v) is 12.0. The van der Waals surface area contributed by atoms with Crippen molar-refractivity contribution in [3.8, 4) is 0 Å². The van der Waals surface area contributed by atoms with Crippen LogP contribution in [0.25, 0.3) is 6.08 Å². The van der Waals surface area contributed by atoms with E-state index in [1.165, 1.54) is 17.4 Å². The maximum absolute atomic E-state index is 15.3. The molecule has 7 nitrogen and oxygen atoms in total. The van der Waals surface area contributed by atoms with E-state index < -0.39 is 53.5 Å². The Morgan fingerprint density at radius 1 is 1.26 bits per heavy atom. The highest BCUT2D eigenvalue weighted by atomic mass is 32.1. The lowest BCUT2D eigenvalue weighted by molar-refractivity contribution is -0.155. The monoisotopic (exact) mass is 511 g/mol. The van der Waals surface area contributed by atoms with Crippen LogP contribution in [-0.4, -0.2) is 57.0 Å². The van der Waals surface area contributed by atoms with E-state index in [0.29, 0.717) is 18.5 Å². The lowest BCUT2D eigenvalue weighted by Gasteiger charge is -2.34. The number of Topliss-reactive ketones (excluding diaryl/α,β-unsaturated/α-hetero) is 1. The number of rotatable bonds is 2. The van der Waals surface area contributed by atoms with E-state index in [9.17, 15) is 19.8 Å². The largest absolute Gasteiger partial charge is 0.455 e. The Bertz CT molecular complexity index is 961. The number of hydrogen-bond acceptors (Lipinski definition) is 8. The van der Waals surface area contributed by atoms with E-state index in [1.807, 2.05) is 20.8 Å². The Labute approximate surface area is 210 Å². The topological polar surface area (TPSA) is 109 Å². The van der Waals surface area contributed by atoms with Gasteiger partial charge in [-0.05, 0) is 38.7 Å². The number of fused-ring (bicyclic) bond motifs is 1. The maximum atomic E-state index is 15.3. The first kappa shape index (κ1) is 27.9. The van der Waals surface area contributed by atoms with Gasteiger partial charge >= 0.3 is 5.97 Å². The van der Waals surface area contributed by atoms with E-state index in [2.05, 4.69) is 4.98 Å². The molecule has 2 fully saturated rings. The number of epoxide rings is 1. The zero-order valence-electron chi connectivity index (χ0n) is 21.4. The second kappa shape index (κ2) is 10.7. The van der Waals surface area contributed by atoms with E-state index in [0.717, 1.165) is 11.4 Å². The third-order valence-corrected chi connectivity index (χ3v) is 8.43. The summed E-state index contributed by atoms with van der Waals surface area (Å²) in [5.41, 5.74) is -1.32. The van der Waals surface area contributed by atoms with Crippen LogP contribution in [0.15, 0.2) is 11.2 Å². The van der Waals surface area contributed by atoms with Crippen molar-refractivity contribution in [3.63, 3.8) is 0 Å². The Morgan fingerprint density at radius 2 is 1.94 bits per heavy atom. The molecule has 196 valence electrons. The van der Waals surface area contributed by atoms with E-state index >= 15 is 4.39 Å². The van der Waals surface area contributed by atoms with Crippen molar-refractivity contribution in [3.05, 3.63) is 21.9 Å². The molecular weight excluding hydrogens is 473 g/mol. The number of aromatic nitrogens is 1. The summed E-state index contributed by atoms with van der Waals surface area (Å²) >= 11 is 1.39. The molecule has 1 aromatic rings. The smallest absolute Gasteiger partial charge is 0.309 e. The number of aryl methyl sites for hydroxylation is 1. The number of carbonyl (C=O) groups excluding carboxylic acids is 2. The lowest BCUT2D eigenvalue weighted by Crippen LogP contribution is -2.45. The summed E-state index contributed by atoms with van der Waals surface area (Å²) in [4.78, 5) is 30.2. The molecule has 0 aromatic carbocycles. The number of ether oxygens (including phenoxy) is 2. The molecule has 2 aliphatic rings. The first-order chi connectivity index (χ1) is 16.2. The summed E-state index contributed by atoms with van der Waals surface area (Å²) < 4.78 is 26.7. The SMILES string of the molecule is Cc1nc(/C=C(\F)[C@@H]2CC3O[C@@]3(C)CCC[C@H](C)[C@H](O)[C@@H](C)C(=O)C(C)(C)[C@@H](O)CC(=O)O2)cs1. The van der Waals surface area contributed by atoms with Gasteiger partial charge in [0, 0.05) is 17.7 Å². The molecule has 0 radical (unpaired) electrons. The maximum Gasteiger partial charge on any atom is 0.309 e. The molecule has 0 aliphatic carbocycles. The van der Waals surface area contributed by atoms with Crippen molar-refractivity contribution >= 4 is 29.2 Å². The van der Waals surface area contributed by atoms with Crippen LogP contribution in [0.4, 0.5) is 4.39 Å². The number of aliphatic hydroxyl groups is 2. The number of hydrogen-bond donors (Lipinski definition) is 2. The minimum atomic E-state index is -1.35. The van der Waals surface area contributed by atoms with Crippen molar-refractivity contribution in [2.45, 2.75) is 104 Å². The van der Waals surface area contributed by atoms with Crippen LogP contribution < -0.4 is 0 Å². The predicted octanol–water partition coefficient (Wildman–Crippen LogP) is 4.38. The van der Waals surface area contributed by atoms with Crippen LogP contribution in [0.3, 0.4) is 0 Å². The zero-order valence-corrected chi connectivity index (χ0v) is 22.2. The van der Waals surface area contributed by atoms with Crippen molar-refractivity contribution in [2.24, 2.45) is 17.3 Å². The van der Waals surface area contributed by atoms with Gasteiger partial charge in [0.1, 0.15) is 11.6 Å².